The van der Waals surface area contributed by atoms with Crippen LogP contribution in [0.5, 0.6) is 5.75 Å². The zero-order valence-corrected chi connectivity index (χ0v) is 11.6. The van der Waals surface area contributed by atoms with E-state index in [1.54, 1.807) is 19.1 Å². The molecule has 0 radical (unpaired) electrons. The predicted molar refractivity (Wildman–Crippen MR) is 78.0 cm³/mol. The lowest BCUT2D eigenvalue weighted by molar-refractivity contribution is -0.117. The minimum Gasteiger partial charge on any atom is -0.508 e. The number of aromatic hydroxyl groups is 1. The van der Waals surface area contributed by atoms with Gasteiger partial charge in [-0.2, -0.15) is 4.99 Å². The standard InChI is InChI=1S/C13H18N4O4/c1-2-12(19)17-11(14)7-21-8-15-13(20)16-9-3-5-10(18)6-4-9/h3-6,18H,2,7-8H2,1H3,(H2,14,17,19)(H2,15,16,20). The van der Waals surface area contributed by atoms with Crippen LogP contribution >= 0.6 is 0 Å². The third-order valence-corrected chi connectivity index (χ3v) is 2.28. The number of phenolic OH excluding ortho intramolecular Hbond substituents is 1. The fourth-order valence-electron chi connectivity index (χ4n) is 1.26. The molecule has 0 aliphatic rings. The number of ether oxygens (including phenoxy) is 1. The van der Waals surface area contributed by atoms with Gasteiger partial charge in [0.05, 0.1) is 0 Å². The summed E-state index contributed by atoms with van der Waals surface area (Å²) in [5, 5.41) is 14.1. The maximum atomic E-state index is 11.5. The molecule has 1 aromatic carbocycles. The van der Waals surface area contributed by atoms with Gasteiger partial charge in [-0.1, -0.05) is 6.92 Å². The number of urea groups is 1. The number of anilines is 1. The zero-order chi connectivity index (χ0) is 15.7. The lowest BCUT2D eigenvalue weighted by Gasteiger charge is -2.08. The first-order chi connectivity index (χ1) is 10.0. The number of benzene rings is 1. The molecule has 1 aromatic rings. The van der Waals surface area contributed by atoms with E-state index in [-0.39, 0.29) is 37.3 Å². The Morgan fingerprint density at radius 3 is 2.62 bits per heavy atom. The first-order valence-corrected chi connectivity index (χ1v) is 6.28. The molecule has 5 N–H and O–H groups in total. The van der Waals surface area contributed by atoms with E-state index in [1.807, 2.05) is 0 Å². The monoisotopic (exact) mass is 294 g/mol. The van der Waals surface area contributed by atoms with Crippen molar-refractivity contribution >= 4 is 23.5 Å². The van der Waals surface area contributed by atoms with Gasteiger partial charge in [-0.25, -0.2) is 4.79 Å². The quantitative estimate of drug-likeness (QED) is 0.203. The Kier molecular flexibility index (Phi) is 6.69. The third-order valence-electron chi connectivity index (χ3n) is 2.28. The molecule has 0 aliphatic heterocycles. The minimum atomic E-state index is -0.471. The summed E-state index contributed by atoms with van der Waals surface area (Å²) in [6.45, 7) is 1.54. The number of rotatable bonds is 6. The Labute approximate surface area is 122 Å². The summed E-state index contributed by atoms with van der Waals surface area (Å²) < 4.78 is 5.05. The summed E-state index contributed by atoms with van der Waals surface area (Å²) in [6, 6.07) is 5.54. The number of amides is 3. The van der Waals surface area contributed by atoms with Crippen LogP contribution in [-0.4, -0.2) is 36.2 Å². The molecule has 114 valence electrons. The van der Waals surface area contributed by atoms with Crippen molar-refractivity contribution in [3.63, 3.8) is 0 Å². The fraction of sp³-hybridized carbons (Fsp3) is 0.308. The van der Waals surface area contributed by atoms with Gasteiger partial charge in [0.1, 0.15) is 24.9 Å². The molecular weight excluding hydrogens is 276 g/mol. The molecule has 21 heavy (non-hydrogen) atoms. The van der Waals surface area contributed by atoms with Crippen LogP contribution in [0.25, 0.3) is 0 Å². The largest absolute Gasteiger partial charge is 0.508 e. The molecule has 0 saturated heterocycles. The summed E-state index contributed by atoms with van der Waals surface area (Å²) in [6.07, 6.45) is 0.272. The first kappa shape index (κ1) is 16.4. The smallest absolute Gasteiger partial charge is 0.321 e. The molecule has 0 heterocycles. The van der Waals surface area contributed by atoms with Gasteiger partial charge < -0.3 is 26.2 Å². The van der Waals surface area contributed by atoms with Crippen LogP contribution in [0.1, 0.15) is 13.3 Å². The van der Waals surface area contributed by atoms with Gasteiger partial charge in [0, 0.05) is 12.1 Å². The predicted octanol–water partition coefficient (Wildman–Crippen LogP) is 0.782. The molecule has 1 rings (SSSR count). The molecule has 0 atom stereocenters. The molecule has 0 spiro atoms. The summed E-state index contributed by atoms with van der Waals surface area (Å²) in [5.41, 5.74) is 5.98. The number of aliphatic imine (C=N–C) groups is 1. The lowest BCUT2D eigenvalue weighted by Crippen LogP contribution is -2.32. The molecule has 8 nitrogen and oxygen atoms in total. The highest BCUT2D eigenvalue weighted by Gasteiger charge is 2.02. The Morgan fingerprint density at radius 2 is 2.00 bits per heavy atom. The Hall–Kier alpha value is -2.61. The van der Waals surface area contributed by atoms with Gasteiger partial charge in [-0.15, -0.1) is 0 Å². The number of carbonyl (C=O) groups excluding carboxylic acids is 2. The topological polar surface area (TPSA) is 126 Å². The van der Waals surface area contributed by atoms with E-state index in [0.29, 0.717) is 5.69 Å². The highest BCUT2D eigenvalue weighted by atomic mass is 16.5. The van der Waals surface area contributed by atoms with Crippen molar-refractivity contribution < 1.29 is 19.4 Å². The SMILES string of the molecule is CCC(=O)N=C(N)COCNC(=O)Nc1ccc(O)cc1. The van der Waals surface area contributed by atoms with Crippen molar-refractivity contribution in [2.75, 3.05) is 18.7 Å². The molecule has 0 fully saturated rings. The number of hydrogen-bond acceptors (Lipinski definition) is 4. The normalized spacial score (nSPS) is 11.0. The van der Waals surface area contributed by atoms with Crippen molar-refractivity contribution in [1.82, 2.24) is 5.32 Å². The van der Waals surface area contributed by atoms with Crippen molar-refractivity contribution in [2.45, 2.75) is 13.3 Å². The van der Waals surface area contributed by atoms with E-state index in [1.165, 1.54) is 12.1 Å². The lowest BCUT2D eigenvalue weighted by atomic mass is 10.3. The highest BCUT2D eigenvalue weighted by Crippen LogP contribution is 2.13. The maximum absolute atomic E-state index is 11.5. The number of nitrogens with one attached hydrogen (secondary N) is 2. The highest BCUT2D eigenvalue weighted by molar-refractivity contribution is 5.94. The van der Waals surface area contributed by atoms with Gasteiger partial charge in [0.15, 0.2) is 0 Å². The van der Waals surface area contributed by atoms with E-state index >= 15 is 0 Å². The molecule has 0 aromatic heterocycles. The second-order valence-electron chi connectivity index (χ2n) is 4.02. The van der Waals surface area contributed by atoms with E-state index in [9.17, 15) is 9.59 Å². The number of amidine groups is 1. The van der Waals surface area contributed by atoms with Crippen LogP contribution in [0, 0.1) is 0 Å². The number of nitrogens with two attached hydrogens (primary N) is 1. The van der Waals surface area contributed by atoms with Crippen molar-refractivity contribution in [3.8, 4) is 5.75 Å². The van der Waals surface area contributed by atoms with Gasteiger partial charge in [0.25, 0.3) is 0 Å². The Balaban J connectivity index is 2.23. The number of phenols is 1. The van der Waals surface area contributed by atoms with Crippen LogP contribution in [-0.2, 0) is 9.53 Å². The van der Waals surface area contributed by atoms with Gasteiger partial charge in [0.2, 0.25) is 5.91 Å². The van der Waals surface area contributed by atoms with Crippen LogP contribution in [0.4, 0.5) is 10.5 Å². The first-order valence-electron chi connectivity index (χ1n) is 6.28. The van der Waals surface area contributed by atoms with E-state index in [2.05, 4.69) is 15.6 Å². The van der Waals surface area contributed by atoms with Crippen LogP contribution < -0.4 is 16.4 Å². The van der Waals surface area contributed by atoms with Crippen molar-refractivity contribution in [1.29, 1.82) is 0 Å². The second-order valence-corrected chi connectivity index (χ2v) is 4.02. The van der Waals surface area contributed by atoms with Crippen molar-refractivity contribution in [3.05, 3.63) is 24.3 Å². The maximum Gasteiger partial charge on any atom is 0.321 e. The molecule has 8 heteroatoms. The van der Waals surface area contributed by atoms with E-state index < -0.39 is 6.03 Å². The summed E-state index contributed by atoms with van der Waals surface area (Å²) in [7, 11) is 0. The third kappa shape index (κ3) is 6.92. The molecule has 0 bridgehead atoms. The molecule has 0 saturated carbocycles. The summed E-state index contributed by atoms with van der Waals surface area (Å²) in [4.78, 5) is 26.0. The fourth-order valence-corrected chi connectivity index (χ4v) is 1.26. The summed E-state index contributed by atoms with van der Waals surface area (Å²) in [5.74, 6) is -0.155. The number of hydrogen-bond donors (Lipinski definition) is 4. The average molecular weight is 294 g/mol. The molecule has 0 aliphatic carbocycles. The number of nitrogens with zero attached hydrogens (tertiary/aromatic N) is 1. The van der Waals surface area contributed by atoms with E-state index in [0.717, 1.165) is 0 Å². The molecular formula is C13H18N4O4. The van der Waals surface area contributed by atoms with Crippen molar-refractivity contribution in [2.24, 2.45) is 10.7 Å². The second kappa shape index (κ2) is 8.54. The molecule has 3 amide bonds. The van der Waals surface area contributed by atoms with Crippen LogP contribution in [0.15, 0.2) is 29.3 Å². The van der Waals surface area contributed by atoms with Crippen LogP contribution in [0.3, 0.4) is 0 Å². The Morgan fingerprint density at radius 1 is 1.33 bits per heavy atom. The van der Waals surface area contributed by atoms with Gasteiger partial charge in [-0.3, -0.25) is 4.79 Å². The van der Waals surface area contributed by atoms with Gasteiger partial charge >= 0.3 is 6.03 Å². The minimum absolute atomic E-state index is 0.0504. The van der Waals surface area contributed by atoms with E-state index in [4.69, 9.17) is 15.6 Å². The Bertz CT molecular complexity index is 513. The number of carbonyl (C=O) groups is 2. The van der Waals surface area contributed by atoms with Gasteiger partial charge in [-0.05, 0) is 24.3 Å². The summed E-state index contributed by atoms with van der Waals surface area (Å²) >= 11 is 0. The average Bonchev–Trinajstić information content (AvgIpc) is 2.46. The molecule has 0 unspecified atom stereocenters. The van der Waals surface area contributed by atoms with Crippen LogP contribution in [0.2, 0.25) is 0 Å². The zero-order valence-electron chi connectivity index (χ0n) is 11.6.